The van der Waals surface area contributed by atoms with E-state index in [1.54, 1.807) is 0 Å². The second-order valence-corrected chi connectivity index (χ2v) is 3.50. The number of allylic oxidation sites excluding steroid dienone is 6. The Morgan fingerprint density at radius 1 is 0.682 bits per heavy atom. The molecule has 0 atom stereocenters. The van der Waals surface area contributed by atoms with Gasteiger partial charge in [0.2, 0.25) is 0 Å². The van der Waals surface area contributed by atoms with E-state index in [0.717, 1.165) is 0 Å². The Labute approximate surface area is 124 Å². The van der Waals surface area contributed by atoms with E-state index < -0.39 is 45.4 Å². The van der Waals surface area contributed by atoms with Crippen molar-refractivity contribution < 1.29 is 9.59 Å². The van der Waals surface area contributed by atoms with Crippen LogP contribution in [0.4, 0.5) is 0 Å². The number of nitrogens with zero attached hydrogens (tertiary/aromatic N) is 6. The molecule has 98 valence electrons. The third kappa shape index (κ3) is 2.09. The van der Waals surface area contributed by atoms with Crippen molar-refractivity contribution in [2.75, 3.05) is 0 Å². The van der Waals surface area contributed by atoms with E-state index in [-0.39, 0.29) is 0 Å². The smallest absolute Gasteiger partial charge is 0.276 e. The quantitative estimate of drug-likeness (QED) is 0.287. The highest BCUT2D eigenvalue weighted by Crippen LogP contribution is 2.35. The highest BCUT2D eigenvalue weighted by molar-refractivity contribution is 6.43. The summed E-state index contributed by atoms with van der Waals surface area (Å²) in [6, 6.07) is 4.16. The molecule has 8 nitrogen and oxygen atoms in total. The van der Waals surface area contributed by atoms with Gasteiger partial charge in [0.15, 0.2) is 11.6 Å². The molecule has 0 aliphatic heterocycles. The molecule has 22 heavy (non-hydrogen) atoms. The lowest BCUT2D eigenvalue weighted by atomic mass is 10.1. The average molecular weight is 284 g/mol. The summed E-state index contributed by atoms with van der Waals surface area (Å²) >= 11 is 0. The summed E-state index contributed by atoms with van der Waals surface area (Å²) in [5, 5.41) is 26.5. The monoisotopic (exact) mass is 284 g/mol. The molecule has 0 aromatic heterocycles. The summed E-state index contributed by atoms with van der Waals surface area (Å²) in [6.45, 7) is 20.5. The third-order valence-electron chi connectivity index (χ3n) is 2.52. The predicted molar refractivity (Wildman–Crippen MR) is 67.7 cm³/mol. The number of rotatable bonds is 0. The van der Waals surface area contributed by atoms with Crippen molar-refractivity contribution in [2.24, 2.45) is 0 Å². The van der Waals surface area contributed by atoms with Gasteiger partial charge in [-0.2, -0.15) is 0 Å². The first-order valence-electron chi connectivity index (χ1n) is 5.17. The number of carbonyl (C=O) groups excluding carboxylic acids is 2. The van der Waals surface area contributed by atoms with E-state index in [4.69, 9.17) is 35.5 Å². The van der Waals surface area contributed by atoms with Crippen LogP contribution < -0.4 is 0 Å². The van der Waals surface area contributed by atoms with Crippen LogP contribution in [-0.2, 0) is 9.59 Å². The van der Waals surface area contributed by atoms with Crippen molar-refractivity contribution in [2.45, 2.75) is 0 Å². The fourth-order valence-corrected chi connectivity index (χ4v) is 1.66. The average Bonchev–Trinajstić information content (AvgIpc) is 2.77. The Morgan fingerprint density at radius 3 is 1.18 bits per heavy atom. The number of hydrogen-bond acceptors (Lipinski definition) is 5. The van der Waals surface area contributed by atoms with Crippen molar-refractivity contribution in [1.29, 1.82) is 15.8 Å². The number of Topliss-reactive ketones (excluding diaryl/α,β-unsaturated/α-hetero) is 2. The van der Waals surface area contributed by atoms with Gasteiger partial charge in [-0.25, -0.2) is 30.3 Å². The van der Waals surface area contributed by atoms with Crippen LogP contribution in [0, 0.1) is 53.7 Å². The molecule has 0 aromatic carbocycles. The van der Waals surface area contributed by atoms with Crippen LogP contribution in [0.15, 0.2) is 33.8 Å². The molecule has 8 heteroatoms. The highest BCUT2D eigenvalue weighted by atomic mass is 16.2. The maximum Gasteiger partial charge on any atom is 0.276 e. The number of ketones is 2. The van der Waals surface area contributed by atoms with Crippen molar-refractivity contribution in [3.63, 3.8) is 0 Å². The van der Waals surface area contributed by atoms with E-state index in [1.165, 1.54) is 18.2 Å². The molecule has 0 saturated heterocycles. The first-order chi connectivity index (χ1) is 10.5. The summed E-state index contributed by atoms with van der Waals surface area (Å²) < 4.78 is 0. The van der Waals surface area contributed by atoms with Crippen molar-refractivity contribution in [3.05, 3.63) is 68.1 Å². The standard InChI is InChI=1S/C14N6O2/c1-18-7(4-15)10-11(8(5-16)19-2)14(22)12(13(10)21)9(6-17)20-3. The van der Waals surface area contributed by atoms with E-state index in [0.29, 0.717) is 0 Å². The van der Waals surface area contributed by atoms with Crippen LogP contribution in [0.5, 0.6) is 0 Å². The van der Waals surface area contributed by atoms with Crippen molar-refractivity contribution in [3.8, 4) is 18.2 Å². The summed E-state index contributed by atoms with van der Waals surface area (Å²) in [4.78, 5) is 32.7. The molecule has 1 aliphatic carbocycles. The summed E-state index contributed by atoms with van der Waals surface area (Å²) in [5.74, 6) is -2.37. The van der Waals surface area contributed by atoms with Crippen LogP contribution in [-0.4, -0.2) is 11.6 Å². The Balaban J connectivity index is 4.12. The van der Waals surface area contributed by atoms with Gasteiger partial charge in [0.25, 0.3) is 17.1 Å². The molecular formula is C14N6O2. The molecule has 1 aliphatic rings. The normalized spacial score (nSPS) is 17.1. The lowest BCUT2D eigenvalue weighted by Gasteiger charge is -1.97. The van der Waals surface area contributed by atoms with E-state index in [9.17, 15) is 9.59 Å². The van der Waals surface area contributed by atoms with Crippen LogP contribution in [0.3, 0.4) is 0 Å². The van der Waals surface area contributed by atoms with Crippen molar-refractivity contribution >= 4 is 11.6 Å². The SMILES string of the molecule is [C-]#[N+]C(C#N)=C1C(=O)C(=C(C#N)[N+]#[C-])C(=C(C#N)[N+]#[C-])C1=O. The minimum atomic E-state index is -1.18. The first-order valence-corrected chi connectivity index (χ1v) is 5.17. The van der Waals surface area contributed by atoms with Gasteiger partial charge in [-0.15, -0.1) is 0 Å². The molecule has 0 heterocycles. The molecule has 0 spiro atoms. The van der Waals surface area contributed by atoms with Crippen LogP contribution in [0.1, 0.15) is 0 Å². The molecule has 0 aromatic rings. The van der Waals surface area contributed by atoms with Gasteiger partial charge in [-0.05, 0) is 0 Å². The second-order valence-electron chi connectivity index (χ2n) is 3.50. The van der Waals surface area contributed by atoms with E-state index in [1.807, 2.05) is 0 Å². The summed E-state index contributed by atoms with van der Waals surface area (Å²) in [6.07, 6.45) is 0. The van der Waals surface area contributed by atoms with Gasteiger partial charge in [-0.1, -0.05) is 0 Å². The zero-order valence-electron chi connectivity index (χ0n) is 10.5. The zero-order chi connectivity index (χ0) is 16.9. The molecule has 1 rings (SSSR count). The maximum atomic E-state index is 12.2. The molecule has 0 unspecified atom stereocenters. The predicted octanol–water partition coefficient (Wildman–Crippen LogP) is 1.23. The fraction of sp³-hybridized carbons (Fsp3) is 0. The molecule has 1 fully saturated rings. The van der Waals surface area contributed by atoms with Gasteiger partial charge < -0.3 is 0 Å². The van der Waals surface area contributed by atoms with Gasteiger partial charge in [0.05, 0.1) is 43.5 Å². The number of carbonyl (C=O) groups is 2. The molecule has 0 N–H and O–H groups in total. The third-order valence-corrected chi connectivity index (χ3v) is 2.52. The highest BCUT2D eigenvalue weighted by Gasteiger charge is 2.42. The minimum absolute atomic E-state index is 0.721. The van der Waals surface area contributed by atoms with Gasteiger partial charge in [0.1, 0.15) is 0 Å². The molecule has 0 bridgehead atoms. The topological polar surface area (TPSA) is 119 Å². The molecular weight excluding hydrogens is 284 g/mol. The Morgan fingerprint density at radius 2 is 0.955 bits per heavy atom. The van der Waals surface area contributed by atoms with E-state index in [2.05, 4.69) is 14.5 Å². The number of nitriles is 3. The number of hydrogen-bond donors (Lipinski definition) is 0. The summed E-state index contributed by atoms with van der Waals surface area (Å²) in [7, 11) is 0. The molecule has 0 amide bonds. The molecule has 0 radical (unpaired) electrons. The van der Waals surface area contributed by atoms with Crippen LogP contribution in [0.25, 0.3) is 14.5 Å². The van der Waals surface area contributed by atoms with Gasteiger partial charge in [-0.3, -0.25) is 9.59 Å². The van der Waals surface area contributed by atoms with Crippen LogP contribution >= 0.6 is 0 Å². The Bertz CT molecular complexity index is 855. The maximum absolute atomic E-state index is 12.2. The summed E-state index contributed by atoms with van der Waals surface area (Å²) in [5.41, 5.74) is -4.69. The molecule has 1 saturated carbocycles. The Kier molecular flexibility index (Phi) is 4.31. The Hall–Kier alpha value is -4.50. The zero-order valence-corrected chi connectivity index (χ0v) is 10.5. The lowest BCUT2D eigenvalue weighted by molar-refractivity contribution is -0.115. The first kappa shape index (κ1) is 15.6. The van der Waals surface area contributed by atoms with Gasteiger partial charge in [0, 0.05) is 11.1 Å². The lowest BCUT2D eigenvalue weighted by Crippen LogP contribution is -2.03. The van der Waals surface area contributed by atoms with E-state index >= 15 is 0 Å². The minimum Gasteiger partial charge on any atom is -0.291 e. The largest absolute Gasteiger partial charge is 0.291 e. The van der Waals surface area contributed by atoms with Crippen LogP contribution in [0.2, 0.25) is 0 Å². The second kappa shape index (κ2) is 6.10. The fourth-order valence-electron chi connectivity index (χ4n) is 1.66. The van der Waals surface area contributed by atoms with Gasteiger partial charge >= 0.3 is 0 Å². The van der Waals surface area contributed by atoms with Crippen molar-refractivity contribution in [1.82, 2.24) is 0 Å².